The molecule has 1 fully saturated rings. The molecule has 1 aliphatic carbocycles. The molecule has 2 aromatic carbocycles. The Kier molecular flexibility index (Phi) is 6.11. The van der Waals surface area contributed by atoms with Gasteiger partial charge in [0.15, 0.2) is 5.82 Å². The fraction of sp³-hybridized carbons (Fsp3) is 0.333. The Hall–Kier alpha value is -3.48. The average Bonchev–Trinajstić information content (AvgIpc) is 3.48. The Balaban J connectivity index is 1.74. The van der Waals surface area contributed by atoms with Gasteiger partial charge in [-0.15, -0.1) is 5.10 Å². The van der Waals surface area contributed by atoms with Crippen LogP contribution in [0.1, 0.15) is 36.3 Å². The van der Waals surface area contributed by atoms with Crippen molar-refractivity contribution < 1.29 is 9.59 Å². The van der Waals surface area contributed by atoms with E-state index in [-0.39, 0.29) is 30.2 Å². The second-order valence-corrected chi connectivity index (χ2v) is 8.03. The van der Waals surface area contributed by atoms with Gasteiger partial charge in [-0.05, 0) is 25.0 Å². The second-order valence-electron chi connectivity index (χ2n) is 8.03. The van der Waals surface area contributed by atoms with Crippen molar-refractivity contribution >= 4 is 11.8 Å². The van der Waals surface area contributed by atoms with Gasteiger partial charge in [0.2, 0.25) is 11.7 Å². The standard InChI is InChI=1S/C24H27N5O2/c1-27(2)21(30)17-28(19-13-9-10-14-19)24(31)22-25-23(18-11-5-3-6-12-18)29(26-22)20-15-7-4-8-16-20/h3-8,11-12,15-16,19H,9-10,13-14,17H2,1-2H3. The van der Waals surface area contributed by atoms with Crippen LogP contribution in [0.2, 0.25) is 0 Å². The van der Waals surface area contributed by atoms with Gasteiger partial charge in [0.1, 0.15) is 6.54 Å². The van der Waals surface area contributed by atoms with Gasteiger partial charge in [-0.25, -0.2) is 9.67 Å². The van der Waals surface area contributed by atoms with E-state index in [0.717, 1.165) is 36.9 Å². The van der Waals surface area contributed by atoms with Crippen molar-refractivity contribution in [3.8, 4) is 17.1 Å². The molecule has 3 aromatic rings. The molecule has 7 nitrogen and oxygen atoms in total. The van der Waals surface area contributed by atoms with E-state index in [0.29, 0.717) is 5.82 Å². The number of carbonyl (C=O) groups excluding carboxylic acids is 2. The highest BCUT2D eigenvalue weighted by Crippen LogP contribution is 2.26. The molecule has 0 unspecified atom stereocenters. The van der Waals surface area contributed by atoms with Crippen molar-refractivity contribution in [2.75, 3.05) is 20.6 Å². The number of para-hydroxylation sites is 1. The van der Waals surface area contributed by atoms with E-state index in [1.807, 2.05) is 60.7 Å². The fourth-order valence-electron chi connectivity index (χ4n) is 3.92. The monoisotopic (exact) mass is 417 g/mol. The number of nitrogens with zero attached hydrogens (tertiary/aromatic N) is 5. The first-order valence-corrected chi connectivity index (χ1v) is 10.6. The lowest BCUT2D eigenvalue weighted by atomic mass is 10.2. The van der Waals surface area contributed by atoms with E-state index < -0.39 is 0 Å². The normalized spacial score (nSPS) is 13.9. The largest absolute Gasteiger partial charge is 0.347 e. The number of hydrogen-bond acceptors (Lipinski definition) is 4. The fourth-order valence-corrected chi connectivity index (χ4v) is 3.92. The molecule has 1 aliphatic rings. The van der Waals surface area contributed by atoms with Crippen LogP contribution in [-0.2, 0) is 4.79 Å². The summed E-state index contributed by atoms with van der Waals surface area (Å²) in [6.07, 6.45) is 3.92. The molecule has 4 rings (SSSR count). The van der Waals surface area contributed by atoms with Crippen molar-refractivity contribution in [1.82, 2.24) is 24.6 Å². The molecule has 0 aliphatic heterocycles. The lowest BCUT2D eigenvalue weighted by Crippen LogP contribution is -2.45. The number of carbonyl (C=O) groups is 2. The van der Waals surface area contributed by atoms with Gasteiger partial charge in [-0.2, -0.15) is 0 Å². The minimum atomic E-state index is -0.297. The van der Waals surface area contributed by atoms with Crippen LogP contribution < -0.4 is 0 Å². The maximum absolute atomic E-state index is 13.5. The minimum Gasteiger partial charge on any atom is -0.347 e. The molecule has 31 heavy (non-hydrogen) atoms. The van der Waals surface area contributed by atoms with Gasteiger partial charge in [0.25, 0.3) is 5.91 Å². The summed E-state index contributed by atoms with van der Waals surface area (Å²) in [6.45, 7) is 0.0387. The van der Waals surface area contributed by atoms with E-state index in [1.165, 1.54) is 4.90 Å². The zero-order valence-electron chi connectivity index (χ0n) is 17.9. The Morgan fingerprint density at radius 3 is 2.19 bits per heavy atom. The van der Waals surface area contributed by atoms with Crippen molar-refractivity contribution in [3.63, 3.8) is 0 Å². The minimum absolute atomic E-state index is 0.0387. The number of benzene rings is 2. The third kappa shape index (κ3) is 4.50. The first-order chi connectivity index (χ1) is 15.0. The van der Waals surface area contributed by atoms with Crippen molar-refractivity contribution in [2.45, 2.75) is 31.7 Å². The number of amides is 2. The van der Waals surface area contributed by atoms with Gasteiger partial charge in [0.05, 0.1) is 5.69 Å². The van der Waals surface area contributed by atoms with Crippen LogP contribution in [0, 0.1) is 0 Å². The summed E-state index contributed by atoms with van der Waals surface area (Å²) >= 11 is 0. The first-order valence-electron chi connectivity index (χ1n) is 10.6. The van der Waals surface area contributed by atoms with E-state index in [9.17, 15) is 9.59 Å². The van der Waals surface area contributed by atoms with Crippen LogP contribution in [0.25, 0.3) is 17.1 Å². The Morgan fingerprint density at radius 1 is 0.968 bits per heavy atom. The van der Waals surface area contributed by atoms with E-state index in [1.54, 1.807) is 23.7 Å². The van der Waals surface area contributed by atoms with Gasteiger partial charge in [0, 0.05) is 25.7 Å². The van der Waals surface area contributed by atoms with Crippen molar-refractivity contribution in [3.05, 3.63) is 66.5 Å². The molecule has 2 amide bonds. The molecule has 0 N–H and O–H groups in total. The molecule has 160 valence electrons. The molecule has 0 saturated heterocycles. The highest BCUT2D eigenvalue weighted by atomic mass is 16.2. The Labute approximate surface area is 182 Å². The van der Waals surface area contributed by atoms with Crippen LogP contribution >= 0.6 is 0 Å². The van der Waals surface area contributed by atoms with Gasteiger partial charge >= 0.3 is 0 Å². The maximum Gasteiger partial charge on any atom is 0.294 e. The summed E-state index contributed by atoms with van der Waals surface area (Å²) in [5.41, 5.74) is 1.69. The summed E-state index contributed by atoms with van der Waals surface area (Å²) < 4.78 is 1.70. The van der Waals surface area contributed by atoms with Gasteiger partial charge in [-0.1, -0.05) is 61.4 Å². The van der Waals surface area contributed by atoms with Gasteiger partial charge in [-0.3, -0.25) is 9.59 Å². The molecule has 1 heterocycles. The van der Waals surface area contributed by atoms with Crippen LogP contribution in [0.5, 0.6) is 0 Å². The SMILES string of the molecule is CN(C)C(=O)CN(C(=O)c1nc(-c2ccccc2)n(-c2ccccc2)n1)C1CCCC1. The van der Waals surface area contributed by atoms with Crippen molar-refractivity contribution in [2.24, 2.45) is 0 Å². The highest BCUT2D eigenvalue weighted by molar-refractivity contribution is 5.94. The average molecular weight is 418 g/mol. The number of rotatable bonds is 6. The zero-order valence-corrected chi connectivity index (χ0v) is 17.9. The van der Waals surface area contributed by atoms with Crippen LogP contribution in [0.4, 0.5) is 0 Å². The zero-order chi connectivity index (χ0) is 21.8. The molecule has 1 aromatic heterocycles. The second kappa shape index (κ2) is 9.12. The molecule has 7 heteroatoms. The summed E-state index contributed by atoms with van der Waals surface area (Å²) in [7, 11) is 3.41. The lowest BCUT2D eigenvalue weighted by molar-refractivity contribution is -0.129. The number of aromatic nitrogens is 3. The maximum atomic E-state index is 13.5. The molecule has 0 bridgehead atoms. The molecule has 0 spiro atoms. The predicted octanol–water partition coefficient (Wildman–Crippen LogP) is 3.41. The van der Waals surface area contributed by atoms with Crippen molar-refractivity contribution in [1.29, 1.82) is 0 Å². The van der Waals surface area contributed by atoms with Crippen LogP contribution in [-0.4, -0.2) is 63.1 Å². The summed E-state index contributed by atoms with van der Waals surface area (Å²) in [4.78, 5) is 33.8. The summed E-state index contributed by atoms with van der Waals surface area (Å²) in [6, 6.07) is 19.4. The molecule has 1 saturated carbocycles. The predicted molar refractivity (Wildman–Crippen MR) is 119 cm³/mol. The van der Waals surface area contributed by atoms with E-state index in [2.05, 4.69) is 10.1 Å². The summed E-state index contributed by atoms with van der Waals surface area (Å²) in [5, 5.41) is 4.59. The number of hydrogen-bond donors (Lipinski definition) is 0. The Bertz CT molecular complexity index is 983. The highest BCUT2D eigenvalue weighted by Gasteiger charge is 2.32. The topological polar surface area (TPSA) is 71.3 Å². The Morgan fingerprint density at radius 2 is 1.58 bits per heavy atom. The third-order valence-corrected chi connectivity index (χ3v) is 5.66. The van der Waals surface area contributed by atoms with E-state index in [4.69, 9.17) is 0 Å². The van der Waals surface area contributed by atoms with Crippen LogP contribution in [0.3, 0.4) is 0 Å². The molecular weight excluding hydrogens is 390 g/mol. The molecular formula is C24H27N5O2. The lowest BCUT2D eigenvalue weighted by Gasteiger charge is -2.28. The smallest absolute Gasteiger partial charge is 0.294 e. The summed E-state index contributed by atoms with van der Waals surface area (Å²) in [5.74, 6) is 0.307. The van der Waals surface area contributed by atoms with Gasteiger partial charge < -0.3 is 9.80 Å². The third-order valence-electron chi connectivity index (χ3n) is 5.66. The van der Waals surface area contributed by atoms with E-state index >= 15 is 0 Å². The van der Waals surface area contributed by atoms with Crippen LogP contribution in [0.15, 0.2) is 60.7 Å². The molecule has 0 atom stereocenters. The first kappa shape index (κ1) is 20.8. The number of likely N-dealkylation sites (N-methyl/N-ethyl adjacent to an activating group) is 1. The molecule has 0 radical (unpaired) electrons. The quantitative estimate of drug-likeness (QED) is 0.616.